The van der Waals surface area contributed by atoms with Gasteiger partial charge >= 0.3 is 0 Å². The van der Waals surface area contributed by atoms with Gasteiger partial charge in [-0.2, -0.15) is 0 Å². The first-order chi connectivity index (χ1) is 8.32. The van der Waals surface area contributed by atoms with Gasteiger partial charge in [0.15, 0.2) is 11.6 Å². The smallest absolute Gasteiger partial charge is 0.253 e. The Morgan fingerprint density at radius 2 is 2.06 bits per heavy atom. The average Bonchev–Trinajstić information content (AvgIpc) is 2.30. The molecule has 1 amide bonds. The molecule has 3 nitrogen and oxygen atoms in total. The molecule has 1 atom stereocenters. The summed E-state index contributed by atoms with van der Waals surface area (Å²) in [6, 6.07) is 2.84. The topological polar surface area (TPSA) is 46.3 Å². The van der Waals surface area contributed by atoms with Crippen LogP contribution in [0, 0.1) is 11.6 Å². The van der Waals surface area contributed by atoms with Gasteiger partial charge in [0.1, 0.15) is 0 Å². The van der Waals surface area contributed by atoms with Crippen molar-refractivity contribution < 1.29 is 13.6 Å². The van der Waals surface area contributed by atoms with Crippen LogP contribution in [0.15, 0.2) is 18.2 Å². The zero-order chi connectivity index (χ0) is 13.9. The van der Waals surface area contributed by atoms with Gasteiger partial charge in [0.2, 0.25) is 0 Å². The Hall–Kier alpha value is -1.56. The van der Waals surface area contributed by atoms with Crippen molar-refractivity contribution in [3.05, 3.63) is 35.4 Å². The fraction of sp³-hybridized carbons (Fsp3) is 0.333. The number of amides is 1. The molecule has 2 N–H and O–H groups in total. The van der Waals surface area contributed by atoms with Crippen LogP contribution in [0.1, 0.15) is 23.7 Å². The molecule has 1 unspecified atom stereocenters. The van der Waals surface area contributed by atoms with Gasteiger partial charge in [-0.05, 0) is 25.1 Å². The van der Waals surface area contributed by atoms with E-state index in [1.54, 1.807) is 14.0 Å². The van der Waals surface area contributed by atoms with Crippen molar-refractivity contribution >= 4 is 23.1 Å². The molecule has 1 aromatic carbocycles. The summed E-state index contributed by atoms with van der Waals surface area (Å²) in [6.45, 7) is 1.77. The van der Waals surface area contributed by atoms with Gasteiger partial charge in [-0.1, -0.05) is 12.2 Å². The van der Waals surface area contributed by atoms with E-state index in [4.69, 9.17) is 18.0 Å². The van der Waals surface area contributed by atoms with E-state index in [0.29, 0.717) is 11.4 Å². The van der Waals surface area contributed by atoms with Crippen molar-refractivity contribution in [2.24, 2.45) is 5.73 Å². The molecule has 0 aliphatic carbocycles. The lowest BCUT2D eigenvalue weighted by Crippen LogP contribution is -2.37. The van der Waals surface area contributed by atoms with E-state index >= 15 is 0 Å². The summed E-state index contributed by atoms with van der Waals surface area (Å²) in [5.41, 5.74) is 5.49. The van der Waals surface area contributed by atoms with Gasteiger partial charge in [0, 0.05) is 25.1 Å². The van der Waals surface area contributed by atoms with E-state index in [-0.39, 0.29) is 11.6 Å². The molecule has 0 bridgehead atoms. The monoisotopic (exact) mass is 272 g/mol. The van der Waals surface area contributed by atoms with E-state index in [0.717, 1.165) is 12.1 Å². The third kappa shape index (κ3) is 3.46. The number of carbonyl (C=O) groups is 1. The summed E-state index contributed by atoms with van der Waals surface area (Å²) < 4.78 is 25.8. The van der Waals surface area contributed by atoms with Gasteiger partial charge < -0.3 is 10.6 Å². The second-order valence-electron chi connectivity index (χ2n) is 4.06. The molecule has 0 heterocycles. The number of carbonyl (C=O) groups excluding carboxylic acids is 1. The molecule has 6 heteroatoms. The van der Waals surface area contributed by atoms with Crippen LogP contribution < -0.4 is 5.73 Å². The highest BCUT2D eigenvalue weighted by atomic mass is 32.1. The van der Waals surface area contributed by atoms with E-state index < -0.39 is 17.5 Å². The number of nitrogens with zero attached hydrogens (tertiary/aromatic N) is 1. The second kappa shape index (κ2) is 5.86. The molecule has 0 aliphatic heterocycles. The Bertz CT molecular complexity index is 479. The molecule has 0 fully saturated rings. The first kappa shape index (κ1) is 14.5. The quantitative estimate of drug-likeness (QED) is 0.854. The first-order valence-electron chi connectivity index (χ1n) is 5.33. The number of rotatable bonds is 4. The normalized spacial score (nSPS) is 12.0. The number of hydrogen-bond donors (Lipinski definition) is 1. The average molecular weight is 272 g/mol. The zero-order valence-corrected chi connectivity index (χ0v) is 10.9. The van der Waals surface area contributed by atoms with Gasteiger partial charge in [0.25, 0.3) is 5.91 Å². The molecule has 0 spiro atoms. The maximum atomic E-state index is 13.0. The van der Waals surface area contributed by atoms with E-state index in [1.165, 1.54) is 11.0 Å². The van der Waals surface area contributed by atoms with Crippen molar-refractivity contribution in [1.29, 1.82) is 0 Å². The summed E-state index contributed by atoms with van der Waals surface area (Å²) in [5, 5.41) is 0. The highest BCUT2D eigenvalue weighted by Gasteiger charge is 2.19. The molecule has 0 radical (unpaired) electrons. The van der Waals surface area contributed by atoms with Crippen molar-refractivity contribution in [2.75, 3.05) is 7.05 Å². The molecule has 0 aromatic heterocycles. The molecule has 1 aromatic rings. The fourth-order valence-electron chi connectivity index (χ4n) is 1.46. The number of thiocarbonyl (C=S) groups is 1. The van der Waals surface area contributed by atoms with Crippen LogP contribution in [0.25, 0.3) is 0 Å². The highest BCUT2D eigenvalue weighted by Crippen LogP contribution is 2.12. The van der Waals surface area contributed by atoms with Crippen molar-refractivity contribution in [2.45, 2.75) is 19.4 Å². The van der Waals surface area contributed by atoms with Crippen molar-refractivity contribution in [3.63, 3.8) is 0 Å². The zero-order valence-electron chi connectivity index (χ0n) is 10.1. The Kier molecular flexibility index (Phi) is 4.72. The Morgan fingerprint density at radius 1 is 1.44 bits per heavy atom. The number of halogens is 2. The van der Waals surface area contributed by atoms with E-state index in [9.17, 15) is 13.6 Å². The Morgan fingerprint density at radius 3 is 2.56 bits per heavy atom. The van der Waals surface area contributed by atoms with Gasteiger partial charge in [0.05, 0.1) is 4.99 Å². The Labute approximate surface area is 110 Å². The predicted molar refractivity (Wildman–Crippen MR) is 69.3 cm³/mol. The standard InChI is InChI=1S/C12H14F2N2OS/c1-7(5-11(15)18)16(2)12(17)8-3-4-9(13)10(14)6-8/h3-4,6-7H,5H2,1-2H3,(H2,15,18). The lowest BCUT2D eigenvalue weighted by molar-refractivity contribution is 0.0747. The van der Waals surface area contributed by atoms with E-state index in [2.05, 4.69) is 0 Å². The van der Waals surface area contributed by atoms with Gasteiger partial charge in [-0.25, -0.2) is 8.78 Å². The van der Waals surface area contributed by atoms with Crippen molar-refractivity contribution in [1.82, 2.24) is 4.90 Å². The number of hydrogen-bond acceptors (Lipinski definition) is 2. The third-order valence-electron chi connectivity index (χ3n) is 2.64. The largest absolute Gasteiger partial charge is 0.393 e. The van der Waals surface area contributed by atoms with Crippen LogP contribution in [0.5, 0.6) is 0 Å². The lowest BCUT2D eigenvalue weighted by Gasteiger charge is -2.24. The van der Waals surface area contributed by atoms with Crippen LogP contribution in [0.3, 0.4) is 0 Å². The Balaban J connectivity index is 2.86. The molecular formula is C12H14F2N2OS. The van der Waals surface area contributed by atoms with Gasteiger partial charge in [-0.3, -0.25) is 4.79 Å². The molecule has 98 valence electrons. The van der Waals surface area contributed by atoms with Crippen LogP contribution >= 0.6 is 12.2 Å². The van der Waals surface area contributed by atoms with Crippen molar-refractivity contribution in [3.8, 4) is 0 Å². The lowest BCUT2D eigenvalue weighted by atomic mass is 10.1. The summed E-state index contributed by atoms with van der Waals surface area (Å²) >= 11 is 4.76. The van der Waals surface area contributed by atoms with Crippen LogP contribution in [0.2, 0.25) is 0 Å². The molecule has 0 saturated heterocycles. The predicted octanol–water partition coefficient (Wildman–Crippen LogP) is 2.10. The molecule has 1 rings (SSSR count). The van der Waals surface area contributed by atoms with Gasteiger partial charge in [-0.15, -0.1) is 0 Å². The maximum absolute atomic E-state index is 13.0. The third-order valence-corrected chi connectivity index (χ3v) is 2.81. The number of nitrogens with two attached hydrogens (primary N) is 1. The fourth-order valence-corrected chi connectivity index (χ4v) is 1.70. The maximum Gasteiger partial charge on any atom is 0.253 e. The minimum absolute atomic E-state index is 0.0891. The molecule has 0 aliphatic rings. The van der Waals surface area contributed by atoms with Crippen LogP contribution in [-0.2, 0) is 0 Å². The SMILES string of the molecule is CC(CC(N)=S)N(C)C(=O)c1ccc(F)c(F)c1. The minimum atomic E-state index is -1.05. The first-order valence-corrected chi connectivity index (χ1v) is 5.74. The summed E-state index contributed by atoms with van der Waals surface area (Å²) in [7, 11) is 1.56. The molecular weight excluding hydrogens is 258 g/mol. The molecule has 18 heavy (non-hydrogen) atoms. The second-order valence-corrected chi connectivity index (χ2v) is 4.59. The van der Waals surface area contributed by atoms with Crippen LogP contribution in [0.4, 0.5) is 8.78 Å². The summed E-state index contributed by atoms with van der Waals surface area (Å²) in [5.74, 6) is -2.43. The van der Waals surface area contributed by atoms with E-state index in [1.807, 2.05) is 0 Å². The highest BCUT2D eigenvalue weighted by molar-refractivity contribution is 7.80. The number of benzene rings is 1. The summed E-state index contributed by atoms with van der Waals surface area (Å²) in [4.78, 5) is 13.7. The van der Waals surface area contributed by atoms with Crippen LogP contribution in [-0.4, -0.2) is 28.9 Å². The summed E-state index contributed by atoms with van der Waals surface area (Å²) in [6.07, 6.45) is 0.376. The molecule has 0 saturated carbocycles. The minimum Gasteiger partial charge on any atom is -0.393 e.